The number of alkyl halides is 3. The predicted octanol–water partition coefficient (Wildman–Crippen LogP) is 1.69. The highest BCUT2D eigenvalue weighted by Gasteiger charge is 2.38. The quantitative estimate of drug-likeness (QED) is 0.731. The Labute approximate surface area is 75.2 Å². The van der Waals surface area contributed by atoms with Gasteiger partial charge in [0.1, 0.15) is 6.04 Å². The molecular formula is C8H14F3NO. The van der Waals surface area contributed by atoms with Crippen molar-refractivity contribution in [2.75, 3.05) is 13.2 Å². The van der Waals surface area contributed by atoms with Crippen LogP contribution >= 0.6 is 0 Å². The van der Waals surface area contributed by atoms with Crippen LogP contribution in [-0.4, -0.2) is 25.4 Å². The van der Waals surface area contributed by atoms with Gasteiger partial charge in [-0.1, -0.05) is 0 Å². The molecule has 1 unspecified atom stereocenters. The first-order valence-corrected chi connectivity index (χ1v) is 4.40. The molecular weight excluding hydrogens is 183 g/mol. The summed E-state index contributed by atoms with van der Waals surface area (Å²) in [5, 5.41) is 0. The molecule has 1 heterocycles. The van der Waals surface area contributed by atoms with Gasteiger partial charge in [-0.3, -0.25) is 0 Å². The molecule has 0 aromatic carbocycles. The van der Waals surface area contributed by atoms with Gasteiger partial charge < -0.3 is 10.5 Å². The van der Waals surface area contributed by atoms with Crippen molar-refractivity contribution in [3.63, 3.8) is 0 Å². The van der Waals surface area contributed by atoms with Crippen molar-refractivity contribution in [2.24, 2.45) is 11.7 Å². The zero-order valence-corrected chi connectivity index (χ0v) is 7.31. The summed E-state index contributed by atoms with van der Waals surface area (Å²) in [5.41, 5.74) is 5.02. The molecule has 1 aliphatic heterocycles. The Bertz CT molecular complexity index is 154. The standard InChI is InChI=1S/C8H14F3NO/c9-8(10,11)7(12)5-6-1-3-13-4-2-6/h6-7H,1-5,12H2. The Kier molecular flexibility index (Phi) is 3.55. The van der Waals surface area contributed by atoms with Crippen LogP contribution in [0, 0.1) is 5.92 Å². The van der Waals surface area contributed by atoms with Crippen molar-refractivity contribution in [3.8, 4) is 0 Å². The molecule has 0 amide bonds. The van der Waals surface area contributed by atoms with Gasteiger partial charge in [-0.15, -0.1) is 0 Å². The maximum Gasteiger partial charge on any atom is 0.403 e. The highest BCUT2D eigenvalue weighted by Crippen LogP contribution is 2.27. The van der Waals surface area contributed by atoms with E-state index in [1.54, 1.807) is 0 Å². The van der Waals surface area contributed by atoms with Gasteiger partial charge in [-0.2, -0.15) is 13.2 Å². The second-order valence-corrected chi connectivity index (χ2v) is 3.44. The minimum atomic E-state index is -4.25. The molecule has 0 aliphatic carbocycles. The maximum absolute atomic E-state index is 12.0. The lowest BCUT2D eigenvalue weighted by Crippen LogP contribution is -2.39. The first-order valence-electron chi connectivity index (χ1n) is 4.40. The van der Waals surface area contributed by atoms with Crippen molar-refractivity contribution in [2.45, 2.75) is 31.5 Å². The summed E-state index contributed by atoms with van der Waals surface area (Å²) in [4.78, 5) is 0. The van der Waals surface area contributed by atoms with Crippen molar-refractivity contribution < 1.29 is 17.9 Å². The van der Waals surface area contributed by atoms with E-state index in [9.17, 15) is 13.2 Å². The predicted molar refractivity (Wildman–Crippen MR) is 42.2 cm³/mol. The average molecular weight is 197 g/mol. The van der Waals surface area contributed by atoms with Crippen LogP contribution in [0.5, 0.6) is 0 Å². The van der Waals surface area contributed by atoms with Crippen molar-refractivity contribution in [1.82, 2.24) is 0 Å². The number of hydrogen-bond donors (Lipinski definition) is 1. The molecule has 0 bridgehead atoms. The molecule has 5 heteroatoms. The Morgan fingerprint density at radius 2 is 1.85 bits per heavy atom. The van der Waals surface area contributed by atoms with Crippen LogP contribution in [0.15, 0.2) is 0 Å². The monoisotopic (exact) mass is 197 g/mol. The zero-order valence-electron chi connectivity index (χ0n) is 7.31. The van der Waals surface area contributed by atoms with Crippen LogP contribution in [0.4, 0.5) is 13.2 Å². The van der Waals surface area contributed by atoms with E-state index >= 15 is 0 Å². The van der Waals surface area contributed by atoms with E-state index in [4.69, 9.17) is 10.5 Å². The van der Waals surface area contributed by atoms with Crippen LogP contribution in [0.2, 0.25) is 0 Å². The van der Waals surface area contributed by atoms with E-state index in [0.717, 1.165) is 0 Å². The summed E-state index contributed by atoms with van der Waals surface area (Å²) in [6, 6.07) is -1.67. The lowest BCUT2D eigenvalue weighted by molar-refractivity contribution is -0.152. The molecule has 78 valence electrons. The second-order valence-electron chi connectivity index (χ2n) is 3.44. The smallest absolute Gasteiger partial charge is 0.381 e. The Hall–Kier alpha value is -0.290. The van der Waals surface area contributed by atoms with Gasteiger partial charge in [-0.25, -0.2) is 0 Å². The molecule has 0 spiro atoms. The molecule has 0 radical (unpaired) electrons. The number of halogens is 3. The van der Waals surface area contributed by atoms with E-state index in [1.807, 2.05) is 0 Å². The third kappa shape index (κ3) is 3.52. The molecule has 13 heavy (non-hydrogen) atoms. The molecule has 2 N–H and O–H groups in total. The van der Waals surface area contributed by atoms with Gasteiger partial charge in [0.25, 0.3) is 0 Å². The molecule has 0 aromatic heterocycles. The fourth-order valence-electron chi connectivity index (χ4n) is 1.47. The Balaban J connectivity index is 2.30. The molecule has 0 aromatic rings. The van der Waals surface area contributed by atoms with Crippen LogP contribution < -0.4 is 5.73 Å². The summed E-state index contributed by atoms with van der Waals surface area (Å²) >= 11 is 0. The topological polar surface area (TPSA) is 35.2 Å². The largest absolute Gasteiger partial charge is 0.403 e. The van der Waals surface area contributed by atoms with Crippen molar-refractivity contribution in [3.05, 3.63) is 0 Å². The highest BCUT2D eigenvalue weighted by molar-refractivity contribution is 4.76. The first kappa shape index (κ1) is 10.8. The van der Waals surface area contributed by atoms with Gasteiger partial charge in [0, 0.05) is 13.2 Å². The van der Waals surface area contributed by atoms with Crippen LogP contribution in [0.3, 0.4) is 0 Å². The van der Waals surface area contributed by atoms with E-state index in [1.165, 1.54) is 0 Å². The lowest BCUT2D eigenvalue weighted by Gasteiger charge is -2.25. The van der Waals surface area contributed by atoms with Gasteiger partial charge in [0.05, 0.1) is 0 Å². The Morgan fingerprint density at radius 3 is 2.31 bits per heavy atom. The molecule has 1 saturated heterocycles. The highest BCUT2D eigenvalue weighted by atomic mass is 19.4. The Morgan fingerprint density at radius 1 is 1.31 bits per heavy atom. The third-order valence-electron chi connectivity index (χ3n) is 2.35. The average Bonchev–Trinajstić information content (AvgIpc) is 2.04. The van der Waals surface area contributed by atoms with Gasteiger partial charge >= 0.3 is 6.18 Å². The normalized spacial score (nSPS) is 23.1. The zero-order chi connectivity index (χ0) is 9.90. The summed E-state index contributed by atoms with van der Waals surface area (Å²) in [6.45, 7) is 1.13. The second kappa shape index (κ2) is 4.28. The van der Waals surface area contributed by atoms with Crippen LogP contribution in [0.25, 0.3) is 0 Å². The summed E-state index contributed by atoms with van der Waals surface area (Å²) in [7, 11) is 0. The van der Waals surface area contributed by atoms with E-state index < -0.39 is 12.2 Å². The van der Waals surface area contributed by atoms with E-state index in [-0.39, 0.29) is 12.3 Å². The minimum Gasteiger partial charge on any atom is -0.381 e. The van der Waals surface area contributed by atoms with Gasteiger partial charge in [0.15, 0.2) is 0 Å². The van der Waals surface area contributed by atoms with Crippen molar-refractivity contribution in [1.29, 1.82) is 0 Å². The number of nitrogens with two attached hydrogens (primary N) is 1. The molecule has 2 nitrogen and oxygen atoms in total. The maximum atomic E-state index is 12.0. The number of ether oxygens (including phenoxy) is 1. The fourth-order valence-corrected chi connectivity index (χ4v) is 1.47. The SMILES string of the molecule is NC(CC1CCOCC1)C(F)(F)F. The molecule has 1 rings (SSSR count). The molecule has 0 saturated carbocycles. The molecule has 1 atom stereocenters. The van der Waals surface area contributed by atoms with E-state index in [0.29, 0.717) is 26.1 Å². The third-order valence-corrected chi connectivity index (χ3v) is 2.35. The summed E-state index contributed by atoms with van der Waals surface area (Å²) < 4.78 is 41.2. The number of rotatable bonds is 2. The van der Waals surface area contributed by atoms with Crippen LogP contribution in [0.1, 0.15) is 19.3 Å². The van der Waals surface area contributed by atoms with Crippen molar-refractivity contribution >= 4 is 0 Å². The first-order chi connectivity index (χ1) is 6.00. The van der Waals surface area contributed by atoms with Crippen LogP contribution in [-0.2, 0) is 4.74 Å². The fraction of sp³-hybridized carbons (Fsp3) is 1.00. The van der Waals surface area contributed by atoms with E-state index in [2.05, 4.69) is 0 Å². The molecule has 1 aliphatic rings. The summed E-state index contributed by atoms with van der Waals surface area (Å²) in [6.07, 6.45) is -2.82. The number of hydrogen-bond acceptors (Lipinski definition) is 2. The lowest BCUT2D eigenvalue weighted by atomic mass is 9.93. The van der Waals surface area contributed by atoms with Gasteiger partial charge in [-0.05, 0) is 25.2 Å². The molecule has 1 fully saturated rings. The minimum absolute atomic E-state index is 0.0346. The van der Waals surface area contributed by atoms with Gasteiger partial charge in [0.2, 0.25) is 0 Å². The summed E-state index contributed by atoms with van der Waals surface area (Å²) in [5.74, 6) is 0.0744.